The summed E-state index contributed by atoms with van der Waals surface area (Å²) < 4.78 is 2.00. The van der Waals surface area contributed by atoms with Crippen LogP contribution in [0.15, 0.2) is 59.4 Å². The minimum Gasteiger partial charge on any atom is -0.312 e. The van der Waals surface area contributed by atoms with E-state index in [2.05, 4.69) is 47.4 Å². The van der Waals surface area contributed by atoms with Gasteiger partial charge in [0.25, 0.3) is 5.56 Å². The number of nitrogens with zero attached hydrogens (tertiary/aromatic N) is 2. The zero-order valence-corrected chi connectivity index (χ0v) is 13.3. The molecular formula is C20H22N2O. The summed E-state index contributed by atoms with van der Waals surface area (Å²) >= 11 is 0. The molecule has 2 aliphatic rings. The lowest BCUT2D eigenvalue weighted by atomic mass is 9.83. The first-order valence-electron chi connectivity index (χ1n) is 8.43. The third-order valence-corrected chi connectivity index (χ3v) is 5.03. The van der Waals surface area contributed by atoms with E-state index in [1.807, 2.05) is 16.7 Å². The Kier molecular flexibility index (Phi) is 3.88. The molecule has 0 amide bonds. The van der Waals surface area contributed by atoms with Crippen LogP contribution in [0.4, 0.5) is 0 Å². The summed E-state index contributed by atoms with van der Waals surface area (Å²) in [5, 5.41) is 0. The topological polar surface area (TPSA) is 25.2 Å². The van der Waals surface area contributed by atoms with Gasteiger partial charge >= 0.3 is 0 Å². The predicted octanol–water partition coefficient (Wildman–Crippen LogP) is 2.98. The van der Waals surface area contributed by atoms with Gasteiger partial charge in [0, 0.05) is 43.9 Å². The summed E-state index contributed by atoms with van der Waals surface area (Å²) in [6.07, 6.45) is 5.68. The molecule has 23 heavy (non-hydrogen) atoms. The molecule has 0 N–H and O–H groups in total. The first-order valence-corrected chi connectivity index (χ1v) is 8.43. The van der Waals surface area contributed by atoms with Crippen molar-refractivity contribution in [1.29, 1.82) is 0 Å². The molecule has 0 saturated carbocycles. The molecule has 1 aromatic heterocycles. The van der Waals surface area contributed by atoms with Crippen LogP contribution in [0.3, 0.4) is 0 Å². The minimum atomic E-state index is 0.162. The number of pyridine rings is 1. The van der Waals surface area contributed by atoms with Crippen LogP contribution in [0, 0.1) is 5.92 Å². The summed E-state index contributed by atoms with van der Waals surface area (Å²) in [6.45, 7) is 4.01. The van der Waals surface area contributed by atoms with Gasteiger partial charge in [-0.3, -0.25) is 9.69 Å². The van der Waals surface area contributed by atoms with Gasteiger partial charge in [0.2, 0.25) is 0 Å². The summed E-state index contributed by atoms with van der Waals surface area (Å²) in [6, 6.07) is 16.2. The number of hydrogen-bond acceptors (Lipinski definition) is 2. The number of fused-ring (bicyclic) bond motifs is 4. The Morgan fingerprint density at radius 2 is 1.87 bits per heavy atom. The van der Waals surface area contributed by atoms with Gasteiger partial charge in [0.15, 0.2) is 0 Å². The molecule has 0 aliphatic carbocycles. The van der Waals surface area contributed by atoms with Crippen molar-refractivity contribution in [2.75, 3.05) is 19.6 Å². The number of aromatic nitrogens is 1. The van der Waals surface area contributed by atoms with E-state index in [-0.39, 0.29) is 5.56 Å². The van der Waals surface area contributed by atoms with Crippen LogP contribution in [0.5, 0.6) is 0 Å². The molecule has 3 heteroatoms. The molecule has 2 aliphatic heterocycles. The Morgan fingerprint density at radius 3 is 2.74 bits per heavy atom. The summed E-state index contributed by atoms with van der Waals surface area (Å²) in [5.74, 6) is 1.10. The lowest BCUT2D eigenvalue weighted by Crippen LogP contribution is -2.46. The fraction of sp³-hybridized carbons (Fsp3) is 0.350. The molecule has 2 atom stereocenters. The molecule has 118 valence electrons. The first-order chi connectivity index (χ1) is 11.3. The summed E-state index contributed by atoms with van der Waals surface area (Å²) in [5.41, 5.74) is 2.64. The average molecular weight is 306 g/mol. The normalized spacial score (nSPS) is 23.8. The molecule has 0 spiro atoms. The fourth-order valence-corrected chi connectivity index (χ4v) is 4.05. The second-order valence-corrected chi connectivity index (χ2v) is 6.73. The molecule has 1 fully saturated rings. The van der Waals surface area contributed by atoms with E-state index in [1.54, 1.807) is 6.07 Å². The molecule has 1 aromatic carbocycles. The number of rotatable bonds is 3. The zero-order chi connectivity index (χ0) is 15.6. The average Bonchev–Trinajstić information content (AvgIpc) is 2.57. The maximum Gasteiger partial charge on any atom is 0.250 e. The van der Waals surface area contributed by atoms with Crippen LogP contribution in [-0.4, -0.2) is 29.1 Å². The van der Waals surface area contributed by atoms with Crippen molar-refractivity contribution < 1.29 is 0 Å². The third kappa shape index (κ3) is 3.02. The zero-order valence-electron chi connectivity index (χ0n) is 13.3. The van der Waals surface area contributed by atoms with Crippen molar-refractivity contribution in [3.05, 3.63) is 76.2 Å². The van der Waals surface area contributed by atoms with Crippen LogP contribution in [-0.2, 0) is 6.54 Å². The molecule has 3 nitrogen and oxygen atoms in total. The van der Waals surface area contributed by atoms with Gasteiger partial charge in [-0.15, -0.1) is 0 Å². The summed E-state index contributed by atoms with van der Waals surface area (Å²) in [4.78, 5) is 14.6. The van der Waals surface area contributed by atoms with Crippen molar-refractivity contribution in [1.82, 2.24) is 9.47 Å². The largest absolute Gasteiger partial charge is 0.312 e. The van der Waals surface area contributed by atoms with Gasteiger partial charge in [0.05, 0.1) is 0 Å². The van der Waals surface area contributed by atoms with Gasteiger partial charge in [-0.05, 0) is 24.0 Å². The molecule has 2 bridgehead atoms. The van der Waals surface area contributed by atoms with Gasteiger partial charge < -0.3 is 4.57 Å². The Morgan fingerprint density at radius 1 is 1.00 bits per heavy atom. The smallest absolute Gasteiger partial charge is 0.250 e. The summed E-state index contributed by atoms with van der Waals surface area (Å²) in [7, 11) is 0. The number of likely N-dealkylation sites (tertiary alicyclic amines) is 1. The second-order valence-electron chi connectivity index (χ2n) is 6.73. The Hall–Kier alpha value is -2.13. The van der Waals surface area contributed by atoms with Gasteiger partial charge in [-0.1, -0.05) is 48.6 Å². The SMILES string of the molecule is O=c1cccc2n1C[C@H]1C[C@@H]2CN(C/C=C/c2ccccc2)C1. The molecular weight excluding hydrogens is 284 g/mol. The van der Waals surface area contributed by atoms with E-state index < -0.39 is 0 Å². The van der Waals surface area contributed by atoms with E-state index in [9.17, 15) is 4.79 Å². The number of piperidine rings is 1. The Bertz CT molecular complexity index is 763. The number of hydrogen-bond donors (Lipinski definition) is 0. The lowest BCUT2D eigenvalue weighted by Gasteiger charge is -2.42. The lowest BCUT2D eigenvalue weighted by molar-refractivity contribution is 0.131. The second kappa shape index (κ2) is 6.17. The fourth-order valence-electron chi connectivity index (χ4n) is 4.05. The predicted molar refractivity (Wildman–Crippen MR) is 93.5 cm³/mol. The minimum absolute atomic E-state index is 0.162. The molecule has 0 unspecified atom stereocenters. The Balaban J connectivity index is 1.46. The maximum absolute atomic E-state index is 12.0. The number of benzene rings is 1. The van der Waals surface area contributed by atoms with E-state index in [0.29, 0.717) is 11.8 Å². The monoisotopic (exact) mass is 306 g/mol. The highest BCUT2D eigenvalue weighted by molar-refractivity contribution is 5.48. The van der Waals surface area contributed by atoms with Gasteiger partial charge in [0.1, 0.15) is 0 Å². The van der Waals surface area contributed by atoms with Crippen LogP contribution < -0.4 is 5.56 Å². The third-order valence-electron chi connectivity index (χ3n) is 5.03. The van der Waals surface area contributed by atoms with E-state index in [1.165, 1.54) is 17.7 Å². The van der Waals surface area contributed by atoms with Crippen molar-refractivity contribution >= 4 is 6.08 Å². The van der Waals surface area contributed by atoms with Gasteiger partial charge in [-0.2, -0.15) is 0 Å². The molecule has 3 heterocycles. The van der Waals surface area contributed by atoms with Crippen molar-refractivity contribution in [2.45, 2.75) is 18.9 Å². The first kappa shape index (κ1) is 14.5. The molecule has 0 radical (unpaired) electrons. The highest BCUT2D eigenvalue weighted by Gasteiger charge is 2.33. The van der Waals surface area contributed by atoms with Crippen LogP contribution in [0.1, 0.15) is 23.6 Å². The van der Waals surface area contributed by atoms with Crippen molar-refractivity contribution in [2.24, 2.45) is 5.92 Å². The molecule has 2 aromatic rings. The highest BCUT2D eigenvalue weighted by atomic mass is 16.1. The van der Waals surface area contributed by atoms with Crippen LogP contribution in [0.25, 0.3) is 6.08 Å². The molecule has 1 saturated heterocycles. The highest BCUT2D eigenvalue weighted by Crippen LogP contribution is 2.34. The van der Waals surface area contributed by atoms with E-state index in [4.69, 9.17) is 0 Å². The van der Waals surface area contributed by atoms with E-state index >= 15 is 0 Å². The van der Waals surface area contributed by atoms with Crippen LogP contribution >= 0.6 is 0 Å². The standard InChI is InChI=1S/C20H22N2O/c23-20-10-4-9-19-18-12-17(14-22(19)20)13-21(15-18)11-5-8-16-6-2-1-3-7-16/h1-10,17-18H,11-15H2/b8-5+/t17-,18+/m0/s1. The van der Waals surface area contributed by atoms with Crippen LogP contribution in [0.2, 0.25) is 0 Å². The quantitative estimate of drug-likeness (QED) is 0.871. The maximum atomic E-state index is 12.0. The van der Waals surface area contributed by atoms with E-state index in [0.717, 1.165) is 26.2 Å². The Labute approximate surface area is 136 Å². The van der Waals surface area contributed by atoms with Crippen molar-refractivity contribution in [3.8, 4) is 0 Å². The molecule has 4 rings (SSSR count). The van der Waals surface area contributed by atoms with Crippen molar-refractivity contribution in [3.63, 3.8) is 0 Å². The van der Waals surface area contributed by atoms with Gasteiger partial charge in [-0.25, -0.2) is 0 Å².